The van der Waals surface area contributed by atoms with E-state index in [1.807, 2.05) is 13.0 Å². The molecule has 0 saturated heterocycles. The fraction of sp³-hybridized carbons (Fsp3) is 0.625. The number of amides is 1. The van der Waals surface area contributed by atoms with Gasteiger partial charge in [0.1, 0.15) is 5.75 Å². The topological polar surface area (TPSA) is 51.2 Å². The number of nitrogens with zero attached hydrogens (tertiary/aromatic N) is 1. The number of rotatable bonds is 6. The quantitative estimate of drug-likeness (QED) is 0.869. The summed E-state index contributed by atoms with van der Waals surface area (Å²) in [6.07, 6.45) is 7.93. The summed E-state index contributed by atoms with van der Waals surface area (Å²) in [5.74, 6) is 1.72. The average molecular weight is 276 g/mol. The van der Waals surface area contributed by atoms with Crippen LogP contribution in [-0.4, -0.2) is 18.0 Å². The van der Waals surface area contributed by atoms with Crippen LogP contribution in [-0.2, 0) is 11.3 Å². The maximum Gasteiger partial charge on any atom is 0.223 e. The standard InChI is InChI=1S/C16H24N2O2/c1-12(9-13-5-3-4-6-13)16(19)18-11-14-10-15(20-2)7-8-17-14/h7-8,10,12-13H,3-6,9,11H2,1-2H3,(H,18,19). The van der Waals surface area contributed by atoms with Crippen LogP contribution >= 0.6 is 0 Å². The second-order valence-electron chi connectivity index (χ2n) is 5.69. The number of carbonyl (C=O) groups excluding carboxylic acids is 1. The molecule has 1 saturated carbocycles. The second-order valence-corrected chi connectivity index (χ2v) is 5.69. The zero-order chi connectivity index (χ0) is 14.4. The van der Waals surface area contributed by atoms with Gasteiger partial charge in [0.25, 0.3) is 0 Å². The highest BCUT2D eigenvalue weighted by Crippen LogP contribution is 2.30. The molecule has 0 bridgehead atoms. The Kier molecular flexibility index (Phi) is 5.39. The molecule has 1 aromatic rings. The van der Waals surface area contributed by atoms with Gasteiger partial charge >= 0.3 is 0 Å². The first kappa shape index (κ1) is 14.8. The van der Waals surface area contributed by atoms with Gasteiger partial charge in [0, 0.05) is 18.2 Å². The van der Waals surface area contributed by atoms with Crippen molar-refractivity contribution in [3.05, 3.63) is 24.0 Å². The Bertz CT molecular complexity index is 442. The van der Waals surface area contributed by atoms with Crippen molar-refractivity contribution in [1.82, 2.24) is 10.3 Å². The molecule has 0 aliphatic heterocycles. The first-order chi connectivity index (χ1) is 9.69. The van der Waals surface area contributed by atoms with Crippen molar-refractivity contribution in [2.75, 3.05) is 7.11 Å². The largest absolute Gasteiger partial charge is 0.497 e. The van der Waals surface area contributed by atoms with E-state index in [2.05, 4.69) is 10.3 Å². The summed E-state index contributed by atoms with van der Waals surface area (Å²) >= 11 is 0. The minimum Gasteiger partial charge on any atom is -0.497 e. The van der Waals surface area contributed by atoms with E-state index in [-0.39, 0.29) is 11.8 Å². The Morgan fingerprint density at radius 3 is 2.95 bits per heavy atom. The van der Waals surface area contributed by atoms with Gasteiger partial charge in [-0.1, -0.05) is 32.6 Å². The predicted molar refractivity (Wildman–Crippen MR) is 78.4 cm³/mol. The van der Waals surface area contributed by atoms with E-state index in [1.165, 1.54) is 25.7 Å². The van der Waals surface area contributed by atoms with Crippen LogP contribution in [0.4, 0.5) is 0 Å². The Labute approximate surface area is 120 Å². The van der Waals surface area contributed by atoms with Crippen molar-refractivity contribution in [2.24, 2.45) is 11.8 Å². The molecule has 4 heteroatoms. The second kappa shape index (κ2) is 7.27. The summed E-state index contributed by atoms with van der Waals surface area (Å²) < 4.78 is 5.15. The summed E-state index contributed by atoms with van der Waals surface area (Å²) in [5, 5.41) is 2.97. The third-order valence-corrected chi connectivity index (χ3v) is 4.08. The average Bonchev–Trinajstić information content (AvgIpc) is 2.97. The number of methoxy groups -OCH3 is 1. The summed E-state index contributed by atoms with van der Waals surface area (Å²) in [6.45, 7) is 2.48. The van der Waals surface area contributed by atoms with Crippen molar-refractivity contribution in [3.63, 3.8) is 0 Å². The molecule has 2 rings (SSSR count). The molecule has 1 atom stereocenters. The van der Waals surface area contributed by atoms with Crippen molar-refractivity contribution >= 4 is 5.91 Å². The number of hydrogen-bond donors (Lipinski definition) is 1. The van der Waals surface area contributed by atoms with Gasteiger partial charge in [0.2, 0.25) is 5.91 Å². The van der Waals surface area contributed by atoms with E-state index >= 15 is 0 Å². The highest BCUT2D eigenvalue weighted by Gasteiger charge is 2.21. The first-order valence-corrected chi connectivity index (χ1v) is 7.45. The molecule has 4 nitrogen and oxygen atoms in total. The fourth-order valence-corrected chi connectivity index (χ4v) is 2.88. The van der Waals surface area contributed by atoms with E-state index in [9.17, 15) is 4.79 Å². The highest BCUT2D eigenvalue weighted by atomic mass is 16.5. The van der Waals surface area contributed by atoms with Crippen LogP contribution in [0.25, 0.3) is 0 Å². The Balaban J connectivity index is 1.78. The maximum absolute atomic E-state index is 12.1. The van der Waals surface area contributed by atoms with Crippen LogP contribution in [0, 0.1) is 11.8 Å². The first-order valence-electron chi connectivity index (χ1n) is 7.45. The maximum atomic E-state index is 12.1. The highest BCUT2D eigenvalue weighted by molar-refractivity contribution is 5.78. The molecule has 1 aromatic heterocycles. The lowest BCUT2D eigenvalue weighted by Gasteiger charge is -2.16. The molecule has 1 amide bonds. The van der Waals surface area contributed by atoms with E-state index in [1.54, 1.807) is 19.4 Å². The number of nitrogens with one attached hydrogen (secondary N) is 1. The van der Waals surface area contributed by atoms with Crippen LogP contribution in [0.1, 0.15) is 44.7 Å². The summed E-state index contributed by atoms with van der Waals surface area (Å²) in [4.78, 5) is 16.3. The molecule has 1 N–H and O–H groups in total. The van der Waals surface area contributed by atoms with Crippen LogP contribution in [0.3, 0.4) is 0 Å². The van der Waals surface area contributed by atoms with Gasteiger partial charge in [-0.2, -0.15) is 0 Å². The van der Waals surface area contributed by atoms with E-state index in [0.29, 0.717) is 6.54 Å². The van der Waals surface area contributed by atoms with Gasteiger partial charge in [-0.05, 0) is 18.4 Å². The predicted octanol–water partition coefficient (Wildman–Crippen LogP) is 2.92. The lowest BCUT2D eigenvalue weighted by molar-refractivity contribution is -0.125. The molecule has 1 unspecified atom stereocenters. The molecule has 20 heavy (non-hydrogen) atoms. The van der Waals surface area contributed by atoms with Crippen molar-refractivity contribution < 1.29 is 9.53 Å². The summed E-state index contributed by atoms with van der Waals surface area (Å²) in [5.41, 5.74) is 0.825. The zero-order valence-electron chi connectivity index (χ0n) is 12.4. The van der Waals surface area contributed by atoms with Crippen LogP contribution in [0.15, 0.2) is 18.3 Å². The molecular formula is C16H24N2O2. The Hall–Kier alpha value is -1.58. The van der Waals surface area contributed by atoms with Gasteiger partial charge in [0.15, 0.2) is 0 Å². The van der Waals surface area contributed by atoms with Gasteiger partial charge < -0.3 is 10.1 Å². The van der Waals surface area contributed by atoms with Gasteiger partial charge in [-0.25, -0.2) is 0 Å². The van der Waals surface area contributed by atoms with Crippen molar-refractivity contribution in [1.29, 1.82) is 0 Å². The van der Waals surface area contributed by atoms with E-state index in [4.69, 9.17) is 4.74 Å². The molecule has 0 radical (unpaired) electrons. The molecule has 0 aromatic carbocycles. The number of carbonyl (C=O) groups is 1. The third kappa shape index (κ3) is 4.22. The summed E-state index contributed by atoms with van der Waals surface area (Å²) in [6, 6.07) is 3.65. The molecule has 1 fully saturated rings. The summed E-state index contributed by atoms with van der Waals surface area (Å²) in [7, 11) is 1.63. The van der Waals surface area contributed by atoms with E-state index in [0.717, 1.165) is 23.8 Å². The van der Waals surface area contributed by atoms with Crippen LogP contribution in [0.5, 0.6) is 5.75 Å². The van der Waals surface area contributed by atoms with Gasteiger partial charge in [0.05, 0.1) is 19.3 Å². The fourth-order valence-electron chi connectivity index (χ4n) is 2.88. The van der Waals surface area contributed by atoms with Crippen molar-refractivity contribution in [3.8, 4) is 5.75 Å². The Morgan fingerprint density at radius 2 is 2.25 bits per heavy atom. The molecule has 0 spiro atoms. The van der Waals surface area contributed by atoms with Gasteiger partial charge in [-0.15, -0.1) is 0 Å². The number of aromatic nitrogens is 1. The Morgan fingerprint density at radius 1 is 1.50 bits per heavy atom. The van der Waals surface area contributed by atoms with Crippen molar-refractivity contribution in [2.45, 2.75) is 45.6 Å². The lowest BCUT2D eigenvalue weighted by atomic mass is 9.94. The van der Waals surface area contributed by atoms with E-state index < -0.39 is 0 Å². The third-order valence-electron chi connectivity index (χ3n) is 4.08. The minimum atomic E-state index is 0.0868. The lowest BCUT2D eigenvalue weighted by Crippen LogP contribution is -2.30. The SMILES string of the molecule is COc1ccnc(CNC(=O)C(C)CC2CCCC2)c1. The molecule has 1 aliphatic rings. The van der Waals surface area contributed by atoms with Crippen LogP contribution < -0.4 is 10.1 Å². The number of pyridine rings is 1. The van der Waals surface area contributed by atoms with Gasteiger partial charge in [-0.3, -0.25) is 9.78 Å². The number of hydrogen-bond acceptors (Lipinski definition) is 3. The molecule has 1 heterocycles. The van der Waals surface area contributed by atoms with Crippen LogP contribution in [0.2, 0.25) is 0 Å². The number of ether oxygens (including phenoxy) is 1. The molecule has 1 aliphatic carbocycles. The zero-order valence-corrected chi connectivity index (χ0v) is 12.4. The minimum absolute atomic E-state index is 0.0868. The smallest absolute Gasteiger partial charge is 0.223 e. The monoisotopic (exact) mass is 276 g/mol. The normalized spacial score (nSPS) is 16.9. The molecule has 110 valence electrons. The molecular weight excluding hydrogens is 252 g/mol.